The highest BCUT2D eigenvalue weighted by Gasteiger charge is 2.16. The molecular formula is C16H20N2O2. The lowest BCUT2D eigenvalue weighted by Gasteiger charge is -2.12. The van der Waals surface area contributed by atoms with E-state index >= 15 is 0 Å². The molecule has 1 saturated carbocycles. The molecule has 1 aliphatic carbocycles. The predicted molar refractivity (Wildman–Crippen MR) is 77.6 cm³/mol. The van der Waals surface area contributed by atoms with E-state index in [-0.39, 0.29) is 0 Å². The van der Waals surface area contributed by atoms with Gasteiger partial charge in [0.2, 0.25) is 5.89 Å². The smallest absolute Gasteiger partial charge is 0.226 e. The molecule has 0 atom stereocenters. The molecular weight excluding hydrogens is 252 g/mol. The number of hydrogen-bond donors (Lipinski definition) is 1. The Labute approximate surface area is 119 Å². The zero-order valence-electron chi connectivity index (χ0n) is 11.5. The van der Waals surface area contributed by atoms with Gasteiger partial charge in [-0.3, -0.25) is 0 Å². The highest BCUT2D eigenvalue weighted by atomic mass is 16.5. The third-order valence-electron chi connectivity index (χ3n) is 3.66. The van der Waals surface area contributed by atoms with Crippen molar-refractivity contribution in [2.45, 2.75) is 38.2 Å². The van der Waals surface area contributed by atoms with E-state index in [0.29, 0.717) is 18.5 Å². The molecule has 0 unspecified atom stereocenters. The van der Waals surface area contributed by atoms with Crippen LogP contribution in [0.4, 0.5) is 0 Å². The Morgan fingerprint density at radius 3 is 2.65 bits per heavy atom. The van der Waals surface area contributed by atoms with Gasteiger partial charge in [0.1, 0.15) is 12.0 Å². The van der Waals surface area contributed by atoms with Crippen LogP contribution in [0.15, 0.2) is 34.9 Å². The number of nitrogens with two attached hydrogens (primary N) is 1. The first-order chi connectivity index (χ1) is 9.85. The van der Waals surface area contributed by atoms with Gasteiger partial charge in [-0.25, -0.2) is 4.98 Å². The molecule has 0 spiro atoms. The van der Waals surface area contributed by atoms with E-state index in [1.165, 1.54) is 25.7 Å². The molecule has 2 aromatic rings. The Hall–Kier alpha value is -1.81. The van der Waals surface area contributed by atoms with Crippen molar-refractivity contribution in [3.8, 4) is 17.2 Å². The highest BCUT2D eigenvalue weighted by Crippen LogP contribution is 2.26. The fourth-order valence-corrected chi connectivity index (χ4v) is 2.58. The SMILES string of the molecule is NCCc1coc(-c2ccc(OC3CCCC3)cc2)n1. The van der Waals surface area contributed by atoms with Crippen LogP contribution in [0.1, 0.15) is 31.4 Å². The Balaban J connectivity index is 1.68. The van der Waals surface area contributed by atoms with E-state index in [4.69, 9.17) is 14.9 Å². The fraction of sp³-hybridized carbons (Fsp3) is 0.438. The maximum atomic E-state index is 5.94. The van der Waals surface area contributed by atoms with Crippen LogP contribution in [0.25, 0.3) is 11.5 Å². The number of nitrogens with zero attached hydrogens (tertiary/aromatic N) is 1. The Kier molecular flexibility index (Phi) is 4.02. The molecule has 1 aliphatic rings. The van der Waals surface area contributed by atoms with Crippen LogP contribution < -0.4 is 10.5 Å². The number of hydrogen-bond acceptors (Lipinski definition) is 4. The van der Waals surface area contributed by atoms with Gasteiger partial charge >= 0.3 is 0 Å². The molecule has 1 fully saturated rings. The number of rotatable bonds is 5. The van der Waals surface area contributed by atoms with Gasteiger partial charge < -0.3 is 14.9 Å². The van der Waals surface area contributed by atoms with E-state index < -0.39 is 0 Å². The van der Waals surface area contributed by atoms with Crippen molar-refractivity contribution >= 4 is 0 Å². The first kappa shape index (κ1) is 13.2. The quantitative estimate of drug-likeness (QED) is 0.908. The second kappa shape index (κ2) is 6.09. The maximum Gasteiger partial charge on any atom is 0.226 e. The van der Waals surface area contributed by atoms with Gasteiger partial charge in [-0.05, 0) is 56.5 Å². The van der Waals surface area contributed by atoms with E-state index in [2.05, 4.69) is 4.98 Å². The first-order valence-electron chi connectivity index (χ1n) is 7.27. The Morgan fingerprint density at radius 2 is 1.95 bits per heavy atom. The zero-order valence-corrected chi connectivity index (χ0v) is 11.5. The summed E-state index contributed by atoms with van der Waals surface area (Å²) in [6.07, 6.45) is 7.70. The minimum Gasteiger partial charge on any atom is -0.490 e. The van der Waals surface area contributed by atoms with Crippen LogP contribution in [0.5, 0.6) is 5.75 Å². The van der Waals surface area contributed by atoms with E-state index in [0.717, 1.165) is 23.4 Å². The molecule has 0 bridgehead atoms. The lowest BCUT2D eigenvalue weighted by atomic mass is 10.2. The average Bonchev–Trinajstić information content (AvgIpc) is 3.12. The fourth-order valence-electron chi connectivity index (χ4n) is 2.58. The summed E-state index contributed by atoms with van der Waals surface area (Å²) in [5, 5.41) is 0. The lowest BCUT2D eigenvalue weighted by molar-refractivity contribution is 0.210. The molecule has 0 amide bonds. The number of benzene rings is 1. The van der Waals surface area contributed by atoms with Gasteiger partial charge in [0.15, 0.2) is 0 Å². The Morgan fingerprint density at radius 1 is 1.20 bits per heavy atom. The second-order valence-corrected chi connectivity index (χ2v) is 5.23. The van der Waals surface area contributed by atoms with Gasteiger partial charge in [0.25, 0.3) is 0 Å². The minimum atomic E-state index is 0.388. The zero-order chi connectivity index (χ0) is 13.8. The molecule has 0 saturated heterocycles. The summed E-state index contributed by atoms with van der Waals surface area (Å²) in [7, 11) is 0. The molecule has 2 N–H and O–H groups in total. The lowest BCUT2D eigenvalue weighted by Crippen LogP contribution is -2.10. The summed E-state index contributed by atoms with van der Waals surface area (Å²) in [6, 6.07) is 7.95. The number of ether oxygens (including phenoxy) is 1. The van der Waals surface area contributed by atoms with Crippen molar-refractivity contribution in [3.63, 3.8) is 0 Å². The maximum absolute atomic E-state index is 5.94. The highest BCUT2D eigenvalue weighted by molar-refractivity contribution is 5.54. The third-order valence-corrected chi connectivity index (χ3v) is 3.66. The van der Waals surface area contributed by atoms with Gasteiger partial charge in [-0.15, -0.1) is 0 Å². The predicted octanol–water partition coefficient (Wildman–Crippen LogP) is 3.16. The first-order valence-corrected chi connectivity index (χ1v) is 7.27. The van der Waals surface area contributed by atoms with Crippen molar-refractivity contribution in [1.29, 1.82) is 0 Å². The average molecular weight is 272 g/mol. The molecule has 1 heterocycles. The molecule has 0 radical (unpaired) electrons. The van der Waals surface area contributed by atoms with Crippen LogP contribution in [0.3, 0.4) is 0 Å². The van der Waals surface area contributed by atoms with Crippen LogP contribution in [-0.2, 0) is 6.42 Å². The molecule has 4 heteroatoms. The van der Waals surface area contributed by atoms with Crippen LogP contribution in [0, 0.1) is 0 Å². The van der Waals surface area contributed by atoms with Crippen molar-refractivity contribution in [2.24, 2.45) is 5.73 Å². The summed E-state index contributed by atoms with van der Waals surface area (Å²) < 4.78 is 11.4. The number of oxazole rings is 1. The third kappa shape index (κ3) is 3.02. The summed E-state index contributed by atoms with van der Waals surface area (Å²) in [6.45, 7) is 0.583. The van der Waals surface area contributed by atoms with Crippen molar-refractivity contribution in [2.75, 3.05) is 6.54 Å². The van der Waals surface area contributed by atoms with Crippen LogP contribution in [0.2, 0.25) is 0 Å². The van der Waals surface area contributed by atoms with Gasteiger partial charge in [-0.1, -0.05) is 0 Å². The van der Waals surface area contributed by atoms with Gasteiger partial charge in [0.05, 0.1) is 11.8 Å². The Bertz CT molecular complexity index is 542. The molecule has 0 aliphatic heterocycles. The van der Waals surface area contributed by atoms with Crippen molar-refractivity contribution in [1.82, 2.24) is 4.98 Å². The van der Waals surface area contributed by atoms with Crippen LogP contribution >= 0.6 is 0 Å². The van der Waals surface area contributed by atoms with Gasteiger partial charge in [-0.2, -0.15) is 0 Å². The normalized spacial score (nSPS) is 15.7. The van der Waals surface area contributed by atoms with E-state index in [1.54, 1.807) is 6.26 Å². The summed E-state index contributed by atoms with van der Waals surface area (Å²) >= 11 is 0. The molecule has 20 heavy (non-hydrogen) atoms. The van der Waals surface area contributed by atoms with E-state index in [9.17, 15) is 0 Å². The molecule has 4 nitrogen and oxygen atoms in total. The second-order valence-electron chi connectivity index (χ2n) is 5.23. The van der Waals surface area contributed by atoms with Gasteiger partial charge in [0, 0.05) is 12.0 Å². The van der Waals surface area contributed by atoms with E-state index in [1.807, 2.05) is 24.3 Å². The molecule has 1 aromatic heterocycles. The summed E-state index contributed by atoms with van der Waals surface area (Å²) in [5.41, 5.74) is 7.37. The number of aromatic nitrogens is 1. The van der Waals surface area contributed by atoms with Crippen molar-refractivity contribution < 1.29 is 9.15 Å². The summed E-state index contributed by atoms with van der Waals surface area (Å²) in [5.74, 6) is 1.57. The standard InChI is InChI=1S/C16H20N2O2/c17-10-9-13-11-19-16(18-13)12-5-7-15(8-6-12)20-14-3-1-2-4-14/h5-8,11,14H,1-4,9-10,17H2. The topological polar surface area (TPSA) is 61.3 Å². The van der Waals surface area contributed by atoms with Crippen LogP contribution in [-0.4, -0.2) is 17.6 Å². The minimum absolute atomic E-state index is 0.388. The van der Waals surface area contributed by atoms with Crippen molar-refractivity contribution in [3.05, 3.63) is 36.2 Å². The molecule has 3 rings (SSSR count). The largest absolute Gasteiger partial charge is 0.490 e. The molecule has 1 aromatic carbocycles. The monoisotopic (exact) mass is 272 g/mol. The molecule has 106 valence electrons. The summed E-state index contributed by atoms with van der Waals surface area (Å²) in [4.78, 5) is 4.42.